The summed E-state index contributed by atoms with van der Waals surface area (Å²) in [5, 5.41) is 3.65. The van der Waals surface area contributed by atoms with Crippen LogP contribution in [-0.2, 0) is 6.42 Å². The molecule has 0 radical (unpaired) electrons. The Morgan fingerprint density at radius 1 is 1.27 bits per heavy atom. The van der Waals surface area contributed by atoms with Crippen molar-refractivity contribution in [2.75, 3.05) is 12.3 Å². The fourth-order valence-corrected chi connectivity index (χ4v) is 3.72. The number of hydrogen-bond donors (Lipinski definition) is 3. The second-order valence-corrected chi connectivity index (χ2v) is 7.48. The average Bonchev–Trinajstić information content (AvgIpc) is 2.61. The second-order valence-electron chi connectivity index (χ2n) is 7.48. The van der Waals surface area contributed by atoms with E-state index in [1.807, 2.05) is 12.1 Å². The van der Waals surface area contributed by atoms with E-state index in [1.165, 1.54) is 29.4 Å². The number of hydrogen-bond acceptors (Lipinski definition) is 5. The first-order chi connectivity index (χ1) is 12.5. The molecule has 26 heavy (non-hydrogen) atoms. The molecule has 1 saturated carbocycles. The summed E-state index contributed by atoms with van der Waals surface area (Å²) in [5.41, 5.74) is 13.3. The zero-order valence-electron chi connectivity index (χ0n) is 15.4. The van der Waals surface area contributed by atoms with Gasteiger partial charge in [0.05, 0.1) is 5.69 Å². The van der Waals surface area contributed by atoms with Crippen LogP contribution in [0.5, 0.6) is 0 Å². The Hall–Kier alpha value is -2.18. The Bertz CT molecular complexity index is 771. The van der Waals surface area contributed by atoms with E-state index in [-0.39, 0.29) is 11.5 Å². The normalized spacial score (nSPS) is 21.5. The summed E-state index contributed by atoms with van der Waals surface area (Å²) in [6.45, 7) is 3.25. The fourth-order valence-electron chi connectivity index (χ4n) is 3.72. The van der Waals surface area contributed by atoms with Gasteiger partial charge < -0.3 is 16.8 Å². The van der Waals surface area contributed by atoms with E-state index in [0.29, 0.717) is 18.0 Å². The van der Waals surface area contributed by atoms with Crippen molar-refractivity contribution in [2.24, 2.45) is 11.7 Å². The van der Waals surface area contributed by atoms with Crippen molar-refractivity contribution in [2.45, 2.75) is 51.1 Å². The first-order valence-electron chi connectivity index (χ1n) is 9.44. The topological polar surface area (TPSA) is 99.0 Å². The summed E-state index contributed by atoms with van der Waals surface area (Å²) in [6.07, 6.45) is 7.45. The molecule has 6 heteroatoms. The van der Waals surface area contributed by atoms with Gasteiger partial charge in [0.2, 0.25) is 0 Å². The quantitative estimate of drug-likeness (QED) is 0.734. The van der Waals surface area contributed by atoms with Crippen LogP contribution in [0, 0.1) is 5.92 Å². The largest absolute Gasteiger partial charge is 0.383 e. The molecule has 2 unspecified atom stereocenters. The van der Waals surface area contributed by atoms with Gasteiger partial charge in [-0.3, -0.25) is 4.57 Å². The lowest BCUT2D eigenvalue weighted by Gasteiger charge is -2.28. The zero-order valence-corrected chi connectivity index (χ0v) is 15.4. The van der Waals surface area contributed by atoms with Crippen LogP contribution in [-0.4, -0.2) is 28.2 Å². The van der Waals surface area contributed by atoms with Gasteiger partial charge in [0.15, 0.2) is 0 Å². The summed E-state index contributed by atoms with van der Waals surface area (Å²) in [7, 11) is 0. The molecule has 3 rings (SSSR count). The van der Waals surface area contributed by atoms with E-state index >= 15 is 0 Å². The Kier molecular flexibility index (Phi) is 6.06. The maximum Gasteiger partial charge on any atom is 0.354 e. The molecular formula is C20H29N5O. The third-order valence-electron chi connectivity index (χ3n) is 5.16. The SMILES string of the molecule is CC(Cc1ccc(-n2ccc(N)nc2=O)cc1)NCC1CCC[C@@H](N)C1. The van der Waals surface area contributed by atoms with Gasteiger partial charge in [0.25, 0.3) is 0 Å². The molecular weight excluding hydrogens is 326 g/mol. The first-order valence-corrected chi connectivity index (χ1v) is 9.44. The molecule has 1 aliphatic carbocycles. The Labute approximate surface area is 154 Å². The van der Waals surface area contributed by atoms with E-state index in [0.717, 1.165) is 25.1 Å². The summed E-state index contributed by atoms with van der Waals surface area (Å²) < 4.78 is 1.49. The van der Waals surface area contributed by atoms with Crippen molar-refractivity contribution < 1.29 is 0 Å². The molecule has 6 nitrogen and oxygen atoms in total. The minimum Gasteiger partial charge on any atom is -0.383 e. The van der Waals surface area contributed by atoms with E-state index in [2.05, 4.69) is 29.4 Å². The van der Waals surface area contributed by atoms with Gasteiger partial charge in [-0.15, -0.1) is 0 Å². The number of nitrogens with two attached hydrogens (primary N) is 2. The third-order valence-corrected chi connectivity index (χ3v) is 5.16. The molecule has 1 aromatic carbocycles. The monoisotopic (exact) mass is 355 g/mol. The summed E-state index contributed by atoms with van der Waals surface area (Å²) in [4.78, 5) is 15.7. The van der Waals surface area contributed by atoms with Crippen molar-refractivity contribution in [3.05, 3.63) is 52.6 Å². The predicted molar refractivity (Wildman–Crippen MR) is 105 cm³/mol. The van der Waals surface area contributed by atoms with Gasteiger partial charge in [-0.25, -0.2) is 4.79 Å². The Morgan fingerprint density at radius 3 is 2.73 bits per heavy atom. The lowest BCUT2D eigenvalue weighted by Crippen LogP contribution is -2.37. The first kappa shape index (κ1) is 18.6. The maximum absolute atomic E-state index is 11.9. The Balaban J connectivity index is 1.54. The van der Waals surface area contributed by atoms with Crippen LogP contribution < -0.4 is 22.5 Å². The highest BCUT2D eigenvalue weighted by Crippen LogP contribution is 2.22. The molecule has 1 aromatic heterocycles. The Morgan fingerprint density at radius 2 is 2.04 bits per heavy atom. The zero-order chi connectivity index (χ0) is 18.5. The summed E-state index contributed by atoms with van der Waals surface area (Å²) in [6, 6.07) is 10.4. The predicted octanol–water partition coefficient (Wildman–Crippen LogP) is 1.85. The maximum atomic E-state index is 11.9. The van der Waals surface area contributed by atoms with Gasteiger partial charge in [-0.2, -0.15) is 4.98 Å². The molecule has 2 aromatic rings. The van der Waals surface area contributed by atoms with Crippen LogP contribution in [0.4, 0.5) is 5.82 Å². The van der Waals surface area contributed by atoms with Gasteiger partial charge in [-0.1, -0.05) is 18.6 Å². The molecule has 1 aliphatic rings. The molecule has 0 saturated heterocycles. The molecule has 1 heterocycles. The van der Waals surface area contributed by atoms with Crippen molar-refractivity contribution in [1.82, 2.24) is 14.9 Å². The highest BCUT2D eigenvalue weighted by atomic mass is 16.1. The van der Waals surface area contributed by atoms with Gasteiger partial charge in [0.1, 0.15) is 5.82 Å². The van der Waals surface area contributed by atoms with Crippen molar-refractivity contribution in [3.8, 4) is 5.69 Å². The average molecular weight is 355 g/mol. The number of benzene rings is 1. The molecule has 1 fully saturated rings. The molecule has 5 N–H and O–H groups in total. The number of rotatable bonds is 6. The van der Waals surface area contributed by atoms with Crippen molar-refractivity contribution in [1.29, 1.82) is 0 Å². The fraction of sp³-hybridized carbons (Fsp3) is 0.500. The van der Waals surface area contributed by atoms with Crippen LogP contribution in [0.3, 0.4) is 0 Å². The highest BCUT2D eigenvalue weighted by Gasteiger charge is 2.19. The molecule has 0 bridgehead atoms. The van der Waals surface area contributed by atoms with E-state index in [9.17, 15) is 4.79 Å². The lowest BCUT2D eigenvalue weighted by atomic mass is 9.86. The van der Waals surface area contributed by atoms with E-state index in [1.54, 1.807) is 12.3 Å². The van der Waals surface area contributed by atoms with E-state index < -0.39 is 0 Å². The van der Waals surface area contributed by atoms with Crippen LogP contribution >= 0.6 is 0 Å². The van der Waals surface area contributed by atoms with E-state index in [4.69, 9.17) is 11.5 Å². The second kappa shape index (κ2) is 8.47. The molecule has 3 atom stereocenters. The van der Waals surface area contributed by atoms with Crippen molar-refractivity contribution >= 4 is 5.82 Å². The van der Waals surface area contributed by atoms with Gasteiger partial charge >= 0.3 is 5.69 Å². The van der Waals surface area contributed by atoms with Crippen molar-refractivity contribution in [3.63, 3.8) is 0 Å². The smallest absolute Gasteiger partial charge is 0.354 e. The molecule has 0 spiro atoms. The summed E-state index contributed by atoms with van der Waals surface area (Å²) in [5.74, 6) is 0.940. The standard InChI is InChI=1S/C20H29N5O/c1-14(23-13-16-3-2-4-17(21)12-16)11-15-5-7-18(8-6-15)25-10-9-19(22)24-20(25)26/h5-10,14,16-17,23H,2-4,11-13,21H2,1H3,(H2,22,24,26)/t14?,16?,17-/m1/s1. The van der Waals surface area contributed by atoms with Crippen LogP contribution in [0.2, 0.25) is 0 Å². The van der Waals surface area contributed by atoms with Gasteiger partial charge in [-0.05, 0) is 68.8 Å². The number of nitrogen functional groups attached to an aromatic ring is 1. The highest BCUT2D eigenvalue weighted by molar-refractivity contribution is 5.36. The third kappa shape index (κ3) is 4.93. The van der Waals surface area contributed by atoms with Crippen LogP contribution in [0.25, 0.3) is 5.69 Å². The van der Waals surface area contributed by atoms with Crippen LogP contribution in [0.1, 0.15) is 38.2 Å². The minimum atomic E-state index is -0.363. The number of aromatic nitrogens is 2. The van der Waals surface area contributed by atoms with Crippen LogP contribution in [0.15, 0.2) is 41.3 Å². The number of nitrogens with one attached hydrogen (secondary N) is 1. The molecule has 0 aliphatic heterocycles. The lowest BCUT2D eigenvalue weighted by molar-refractivity contribution is 0.302. The minimum absolute atomic E-state index is 0.238. The van der Waals surface area contributed by atoms with Gasteiger partial charge in [0, 0.05) is 18.3 Å². The summed E-state index contributed by atoms with van der Waals surface area (Å²) >= 11 is 0. The number of nitrogens with zero attached hydrogens (tertiary/aromatic N) is 2. The number of anilines is 1. The molecule has 140 valence electrons. The molecule has 0 amide bonds.